The van der Waals surface area contributed by atoms with Gasteiger partial charge in [-0.15, -0.1) is 0 Å². The number of carboxylic acid groups (broad SMARTS) is 1. The number of hydrogen-bond donors (Lipinski definition) is 3. The van der Waals surface area contributed by atoms with Gasteiger partial charge in [-0.3, -0.25) is 14.7 Å². The Bertz CT molecular complexity index is 2320. The second-order valence-corrected chi connectivity index (χ2v) is 14.0. The number of likely N-dealkylation sites (tertiary alicyclic amines) is 1. The summed E-state index contributed by atoms with van der Waals surface area (Å²) in [5, 5.41) is 33.4. The number of nitriles is 1. The summed E-state index contributed by atoms with van der Waals surface area (Å²) in [6, 6.07) is 22.5. The molecule has 10 nitrogen and oxygen atoms in total. The zero-order valence-corrected chi connectivity index (χ0v) is 29.7. The molecule has 3 N–H and O–H groups in total. The van der Waals surface area contributed by atoms with Crippen molar-refractivity contribution < 1.29 is 19.4 Å². The molecule has 3 aromatic heterocycles. The van der Waals surface area contributed by atoms with E-state index < -0.39 is 5.97 Å². The Balaban J connectivity index is 1.15. The Labute approximate surface area is 302 Å². The van der Waals surface area contributed by atoms with E-state index in [9.17, 15) is 20.3 Å². The van der Waals surface area contributed by atoms with Gasteiger partial charge in [0.1, 0.15) is 17.1 Å². The molecule has 0 radical (unpaired) electrons. The van der Waals surface area contributed by atoms with Crippen LogP contribution in [0.15, 0.2) is 77.5 Å². The summed E-state index contributed by atoms with van der Waals surface area (Å²) in [5.41, 5.74) is 10.3. The average Bonchev–Trinajstić information content (AvgIpc) is 3.59. The Morgan fingerprint density at radius 2 is 1.77 bits per heavy atom. The van der Waals surface area contributed by atoms with Crippen LogP contribution >= 0.6 is 0 Å². The number of pyridine rings is 2. The minimum absolute atomic E-state index is 0.183. The van der Waals surface area contributed by atoms with E-state index >= 15 is 0 Å². The lowest BCUT2D eigenvalue weighted by Gasteiger charge is -2.30. The lowest BCUT2D eigenvalue weighted by atomic mass is 9.93. The van der Waals surface area contributed by atoms with Crippen molar-refractivity contribution in [2.45, 2.75) is 53.0 Å². The molecule has 0 aliphatic carbocycles. The van der Waals surface area contributed by atoms with Crippen molar-refractivity contribution in [1.29, 1.82) is 5.26 Å². The molecule has 52 heavy (non-hydrogen) atoms. The maximum atomic E-state index is 11.4. The summed E-state index contributed by atoms with van der Waals surface area (Å²) >= 11 is 0. The lowest BCUT2D eigenvalue weighted by molar-refractivity contribution is -0.143. The number of oxazole rings is 1. The first-order valence-corrected chi connectivity index (χ1v) is 17.8. The fourth-order valence-corrected chi connectivity index (χ4v) is 7.16. The smallest absolute Gasteiger partial charge is 0.306 e. The molecule has 6 aromatic rings. The average molecular weight is 695 g/mol. The van der Waals surface area contributed by atoms with Gasteiger partial charge in [0, 0.05) is 42.2 Å². The van der Waals surface area contributed by atoms with Crippen molar-refractivity contribution in [3.63, 3.8) is 0 Å². The highest BCUT2D eigenvalue weighted by Crippen LogP contribution is 2.38. The highest BCUT2D eigenvalue weighted by atomic mass is 16.4. The van der Waals surface area contributed by atoms with Crippen LogP contribution in [0.5, 0.6) is 0 Å². The number of anilines is 2. The van der Waals surface area contributed by atoms with Gasteiger partial charge in [-0.1, -0.05) is 31.2 Å². The predicted molar refractivity (Wildman–Crippen MR) is 202 cm³/mol. The number of benzene rings is 3. The van der Waals surface area contributed by atoms with Gasteiger partial charge in [-0.05, 0) is 128 Å². The molecule has 4 heterocycles. The van der Waals surface area contributed by atoms with Crippen LogP contribution in [0.4, 0.5) is 11.5 Å². The van der Waals surface area contributed by atoms with Gasteiger partial charge in [0.25, 0.3) is 0 Å². The predicted octanol–water partition coefficient (Wildman–Crippen LogP) is 8.19. The number of fused-ring (bicyclic) bond motifs is 2. The van der Waals surface area contributed by atoms with Gasteiger partial charge in [-0.25, -0.2) is 9.97 Å². The molecule has 1 saturated heterocycles. The molecule has 1 fully saturated rings. The van der Waals surface area contributed by atoms with Crippen molar-refractivity contribution in [2.75, 3.05) is 25.0 Å². The summed E-state index contributed by atoms with van der Waals surface area (Å²) in [5.74, 6) is 0.362. The largest absolute Gasteiger partial charge is 0.481 e. The van der Waals surface area contributed by atoms with Gasteiger partial charge in [0.2, 0.25) is 5.89 Å². The van der Waals surface area contributed by atoms with Gasteiger partial charge in [-0.2, -0.15) is 5.26 Å². The molecule has 0 bridgehead atoms. The second kappa shape index (κ2) is 14.9. The first-order chi connectivity index (χ1) is 25.2. The molecule has 0 spiro atoms. The molecule has 0 unspecified atom stereocenters. The van der Waals surface area contributed by atoms with Gasteiger partial charge < -0.3 is 19.9 Å². The first-order valence-electron chi connectivity index (χ1n) is 17.8. The standard InChI is InChI=1S/C42H42N6O4/c1-25(24-49)10-11-28-18-31-12-15-44-40(38(31)45-22-28)46-36-9-5-7-34(27(36)3)33-6-4-8-35(26(33)2)41-47-37-20-29(19-32(21-43)39(37)52-41)23-48-16-13-30(14-17-48)42(50)51/h4-9,12,15,18-20,22,25,30,49H,10-11,13-14,16-17,23-24H2,1-3H3,(H,44,46)(H,50,51)/t25-/m0/s1. The quantitative estimate of drug-likeness (QED) is 0.121. The minimum atomic E-state index is -0.728. The molecule has 0 saturated carbocycles. The molecule has 10 heteroatoms. The number of nitrogens with zero attached hydrogens (tertiary/aromatic N) is 5. The van der Waals surface area contributed by atoms with Crippen molar-refractivity contribution in [1.82, 2.24) is 19.9 Å². The monoisotopic (exact) mass is 694 g/mol. The molecule has 264 valence electrons. The SMILES string of the molecule is Cc1c(Nc2nccc3cc(CC[C@H](C)CO)cnc23)cccc1-c1cccc(-c2nc3cc(CN4CCC(C(=O)O)CC4)cc(C#N)c3o2)c1C. The molecular weight excluding hydrogens is 653 g/mol. The minimum Gasteiger partial charge on any atom is -0.481 e. The number of hydrogen-bond acceptors (Lipinski definition) is 9. The van der Waals surface area contributed by atoms with E-state index in [2.05, 4.69) is 53.3 Å². The fraction of sp³-hybridized carbons (Fsp3) is 0.310. The van der Waals surface area contributed by atoms with Crippen LogP contribution in [0.1, 0.15) is 54.0 Å². The lowest BCUT2D eigenvalue weighted by Crippen LogP contribution is -2.35. The number of carboxylic acids is 1. The van der Waals surface area contributed by atoms with Crippen LogP contribution < -0.4 is 5.32 Å². The number of aryl methyl sites for hydroxylation is 1. The summed E-state index contributed by atoms with van der Waals surface area (Å²) in [6.45, 7) is 8.40. The number of aliphatic hydroxyl groups is 1. The molecule has 1 aliphatic rings. The maximum absolute atomic E-state index is 11.4. The van der Waals surface area contributed by atoms with E-state index in [4.69, 9.17) is 14.4 Å². The van der Waals surface area contributed by atoms with Crippen LogP contribution in [0.3, 0.4) is 0 Å². The molecule has 1 atom stereocenters. The summed E-state index contributed by atoms with van der Waals surface area (Å²) in [6.07, 6.45) is 6.70. The number of aliphatic carboxylic acids is 1. The van der Waals surface area contributed by atoms with Crippen LogP contribution in [0, 0.1) is 37.0 Å². The summed E-state index contributed by atoms with van der Waals surface area (Å²) < 4.78 is 6.30. The van der Waals surface area contributed by atoms with Crippen LogP contribution in [-0.2, 0) is 17.8 Å². The van der Waals surface area contributed by atoms with E-state index in [1.165, 1.54) is 0 Å². The number of carbonyl (C=O) groups is 1. The van der Waals surface area contributed by atoms with E-state index in [1.807, 2.05) is 55.6 Å². The number of nitrogens with one attached hydrogen (secondary N) is 1. The molecule has 7 rings (SSSR count). The van der Waals surface area contributed by atoms with Gasteiger partial charge in [0.15, 0.2) is 11.4 Å². The Morgan fingerprint density at radius 3 is 2.52 bits per heavy atom. The van der Waals surface area contributed by atoms with E-state index in [0.717, 1.165) is 68.4 Å². The van der Waals surface area contributed by atoms with E-state index in [0.29, 0.717) is 60.8 Å². The third kappa shape index (κ3) is 7.11. The van der Waals surface area contributed by atoms with E-state index in [1.54, 1.807) is 6.20 Å². The van der Waals surface area contributed by atoms with Gasteiger partial charge >= 0.3 is 5.97 Å². The molecule has 1 aliphatic heterocycles. The summed E-state index contributed by atoms with van der Waals surface area (Å²) in [4.78, 5) is 27.9. The Morgan fingerprint density at radius 1 is 1.02 bits per heavy atom. The Kier molecular flexibility index (Phi) is 9.99. The topological polar surface area (TPSA) is 148 Å². The second-order valence-electron chi connectivity index (χ2n) is 14.0. The Hall–Kier alpha value is -5.63. The zero-order valence-electron chi connectivity index (χ0n) is 29.7. The third-order valence-electron chi connectivity index (χ3n) is 10.3. The van der Waals surface area contributed by atoms with Crippen molar-refractivity contribution >= 4 is 39.5 Å². The first kappa shape index (κ1) is 34.8. The zero-order chi connectivity index (χ0) is 36.4. The van der Waals surface area contributed by atoms with Crippen LogP contribution in [0.2, 0.25) is 0 Å². The van der Waals surface area contributed by atoms with Crippen LogP contribution in [0.25, 0.3) is 44.6 Å². The normalized spacial score (nSPS) is 14.4. The highest BCUT2D eigenvalue weighted by molar-refractivity contribution is 5.91. The maximum Gasteiger partial charge on any atom is 0.306 e. The van der Waals surface area contributed by atoms with Crippen LogP contribution in [-0.4, -0.2) is 55.7 Å². The van der Waals surface area contributed by atoms with Gasteiger partial charge in [0.05, 0.1) is 11.5 Å². The third-order valence-corrected chi connectivity index (χ3v) is 10.3. The number of aromatic nitrogens is 3. The molecular formula is C42H42N6O4. The van der Waals surface area contributed by atoms with E-state index in [-0.39, 0.29) is 18.4 Å². The van der Waals surface area contributed by atoms with Crippen molar-refractivity contribution in [3.8, 4) is 28.7 Å². The number of piperidine rings is 1. The number of rotatable bonds is 11. The highest BCUT2D eigenvalue weighted by Gasteiger charge is 2.25. The fourth-order valence-electron chi connectivity index (χ4n) is 7.16. The molecule has 3 aromatic carbocycles. The molecule has 0 amide bonds. The van der Waals surface area contributed by atoms with Crippen molar-refractivity contribution in [2.24, 2.45) is 11.8 Å². The number of aliphatic hydroxyl groups excluding tert-OH is 1. The summed E-state index contributed by atoms with van der Waals surface area (Å²) in [7, 11) is 0. The van der Waals surface area contributed by atoms with Crippen molar-refractivity contribution in [3.05, 3.63) is 101 Å².